The van der Waals surface area contributed by atoms with Gasteiger partial charge >= 0.3 is 5.97 Å². The number of nitrogens with zero attached hydrogens (tertiary/aromatic N) is 1. The molecule has 0 bridgehead atoms. The molecule has 0 fully saturated rings. The highest BCUT2D eigenvalue weighted by Gasteiger charge is 2.12. The van der Waals surface area contributed by atoms with Gasteiger partial charge in [-0.1, -0.05) is 30.3 Å². The van der Waals surface area contributed by atoms with Crippen molar-refractivity contribution in [3.05, 3.63) is 65.5 Å². The van der Waals surface area contributed by atoms with Crippen molar-refractivity contribution in [3.8, 4) is 5.75 Å². The van der Waals surface area contributed by atoms with Crippen molar-refractivity contribution in [2.45, 2.75) is 13.0 Å². The number of aliphatic carboxylic acids is 1. The van der Waals surface area contributed by atoms with Crippen LogP contribution in [-0.4, -0.2) is 35.5 Å². The van der Waals surface area contributed by atoms with Crippen LogP contribution in [0.25, 0.3) is 0 Å². The smallest absolute Gasteiger partial charge is 0.307 e. The molecule has 5 nitrogen and oxygen atoms in total. The highest BCUT2D eigenvalue weighted by atomic mass is 19.1. The van der Waals surface area contributed by atoms with Crippen LogP contribution in [0.1, 0.15) is 11.1 Å². The highest BCUT2D eigenvalue weighted by molar-refractivity contribution is 5.77. The number of benzene rings is 2. The lowest BCUT2D eigenvalue weighted by atomic mass is 10.1. The fourth-order valence-corrected chi connectivity index (χ4v) is 2.10. The van der Waals surface area contributed by atoms with Crippen LogP contribution in [0.2, 0.25) is 0 Å². The molecule has 0 radical (unpaired) electrons. The van der Waals surface area contributed by atoms with Crippen LogP contribution in [0.5, 0.6) is 5.75 Å². The summed E-state index contributed by atoms with van der Waals surface area (Å²) >= 11 is 0. The second-order valence-corrected chi connectivity index (χ2v) is 5.34. The molecule has 0 saturated carbocycles. The monoisotopic (exact) mass is 331 g/mol. The average molecular weight is 331 g/mol. The molecule has 0 aliphatic heterocycles. The van der Waals surface area contributed by atoms with Gasteiger partial charge in [-0.25, -0.2) is 4.39 Å². The zero-order valence-electron chi connectivity index (χ0n) is 13.2. The lowest BCUT2D eigenvalue weighted by Crippen LogP contribution is -2.31. The predicted octanol–water partition coefficient (Wildman–Crippen LogP) is 2.49. The molecule has 1 N–H and O–H groups in total. The third-order valence-electron chi connectivity index (χ3n) is 3.43. The van der Waals surface area contributed by atoms with Crippen molar-refractivity contribution in [1.82, 2.24) is 4.90 Å². The fourth-order valence-electron chi connectivity index (χ4n) is 2.10. The van der Waals surface area contributed by atoms with E-state index in [-0.39, 0.29) is 31.3 Å². The van der Waals surface area contributed by atoms with Gasteiger partial charge < -0.3 is 14.7 Å². The first-order valence-corrected chi connectivity index (χ1v) is 7.36. The molecule has 0 heterocycles. The van der Waals surface area contributed by atoms with Gasteiger partial charge in [0.2, 0.25) is 0 Å². The topological polar surface area (TPSA) is 66.8 Å². The van der Waals surface area contributed by atoms with E-state index < -0.39 is 5.97 Å². The molecule has 2 aromatic carbocycles. The van der Waals surface area contributed by atoms with Crippen molar-refractivity contribution >= 4 is 11.9 Å². The van der Waals surface area contributed by atoms with Gasteiger partial charge in [-0.15, -0.1) is 0 Å². The van der Waals surface area contributed by atoms with E-state index in [4.69, 9.17) is 9.84 Å². The Labute approximate surface area is 139 Å². The Morgan fingerprint density at radius 3 is 2.42 bits per heavy atom. The molecular weight excluding hydrogens is 313 g/mol. The number of hydrogen-bond donors (Lipinski definition) is 1. The number of amides is 1. The third-order valence-corrected chi connectivity index (χ3v) is 3.43. The molecule has 6 heteroatoms. The van der Waals surface area contributed by atoms with Crippen molar-refractivity contribution in [1.29, 1.82) is 0 Å². The van der Waals surface area contributed by atoms with E-state index in [9.17, 15) is 14.0 Å². The second-order valence-electron chi connectivity index (χ2n) is 5.34. The Hall–Kier alpha value is -2.89. The standard InChI is InChI=1S/C18H18FNO4/c1-20(11-14-4-2-3-5-16(14)19)17(21)12-24-15-8-6-13(7-9-15)10-18(22)23/h2-9H,10-12H2,1H3,(H,22,23). The summed E-state index contributed by atoms with van der Waals surface area (Å²) in [4.78, 5) is 24.0. The molecular formula is C18H18FNO4. The van der Waals surface area contributed by atoms with Gasteiger partial charge in [0.1, 0.15) is 11.6 Å². The van der Waals surface area contributed by atoms with Crippen LogP contribution in [-0.2, 0) is 22.6 Å². The molecule has 0 atom stereocenters. The molecule has 0 aliphatic carbocycles. The largest absolute Gasteiger partial charge is 0.484 e. The van der Waals surface area contributed by atoms with Gasteiger partial charge in [0.05, 0.1) is 6.42 Å². The van der Waals surface area contributed by atoms with Gasteiger partial charge in [0, 0.05) is 19.2 Å². The number of hydrogen-bond acceptors (Lipinski definition) is 3. The van der Waals surface area contributed by atoms with Gasteiger partial charge in [-0.05, 0) is 23.8 Å². The van der Waals surface area contributed by atoms with Crippen molar-refractivity contribution in [3.63, 3.8) is 0 Å². The fraction of sp³-hybridized carbons (Fsp3) is 0.222. The number of carbonyl (C=O) groups is 2. The van der Waals surface area contributed by atoms with E-state index in [0.717, 1.165) is 0 Å². The lowest BCUT2D eigenvalue weighted by molar-refractivity contribution is -0.136. The third kappa shape index (κ3) is 5.08. The van der Waals surface area contributed by atoms with Gasteiger partial charge in [0.25, 0.3) is 5.91 Å². The minimum absolute atomic E-state index is 0.0649. The maximum absolute atomic E-state index is 13.6. The summed E-state index contributed by atoms with van der Waals surface area (Å²) in [7, 11) is 1.58. The Bertz CT molecular complexity index is 715. The lowest BCUT2D eigenvalue weighted by Gasteiger charge is -2.18. The first kappa shape index (κ1) is 17.5. The predicted molar refractivity (Wildman–Crippen MR) is 86.2 cm³/mol. The SMILES string of the molecule is CN(Cc1ccccc1F)C(=O)COc1ccc(CC(=O)O)cc1. The Kier molecular flexibility index (Phi) is 5.89. The first-order chi connectivity index (χ1) is 11.5. The quantitative estimate of drug-likeness (QED) is 0.846. The number of halogens is 1. The van der Waals surface area contributed by atoms with Crippen LogP contribution >= 0.6 is 0 Å². The summed E-state index contributed by atoms with van der Waals surface area (Å²) in [5, 5.41) is 8.71. The van der Waals surface area contributed by atoms with Gasteiger partial charge in [-0.2, -0.15) is 0 Å². The number of likely N-dealkylation sites (N-methyl/N-ethyl adjacent to an activating group) is 1. The minimum Gasteiger partial charge on any atom is -0.484 e. The van der Waals surface area contributed by atoms with Crippen molar-refractivity contribution < 1.29 is 23.8 Å². The Balaban J connectivity index is 1.86. The summed E-state index contributed by atoms with van der Waals surface area (Å²) in [5.74, 6) is -1.08. The summed E-state index contributed by atoms with van der Waals surface area (Å²) in [6.07, 6.45) is -0.0649. The number of rotatable bonds is 7. The highest BCUT2D eigenvalue weighted by Crippen LogP contribution is 2.13. The number of ether oxygens (including phenoxy) is 1. The first-order valence-electron chi connectivity index (χ1n) is 7.36. The molecule has 0 aliphatic rings. The number of carboxylic acid groups (broad SMARTS) is 1. The van der Waals surface area contributed by atoms with E-state index in [1.54, 1.807) is 49.5 Å². The summed E-state index contributed by atoms with van der Waals surface area (Å²) in [6.45, 7) is -0.0182. The van der Waals surface area contributed by atoms with E-state index >= 15 is 0 Å². The second kappa shape index (κ2) is 8.10. The minimum atomic E-state index is -0.909. The maximum Gasteiger partial charge on any atom is 0.307 e. The van der Waals surface area contributed by atoms with Crippen LogP contribution in [0, 0.1) is 5.82 Å². The van der Waals surface area contributed by atoms with Crippen molar-refractivity contribution in [2.24, 2.45) is 0 Å². The molecule has 0 spiro atoms. The van der Waals surface area contributed by atoms with E-state index in [1.807, 2.05) is 0 Å². The van der Waals surface area contributed by atoms with Crippen LogP contribution in [0.3, 0.4) is 0 Å². The maximum atomic E-state index is 13.6. The molecule has 24 heavy (non-hydrogen) atoms. The van der Waals surface area contributed by atoms with Gasteiger partial charge in [-0.3, -0.25) is 9.59 Å². The molecule has 0 unspecified atom stereocenters. The Morgan fingerprint density at radius 2 is 1.79 bits per heavy atom. The van der Waals surface area contributed by atoms with Crippen LogP contribution in [0.15, 0.2) is 48.5 Å². The van der Waals surface area contributed by atoms with Crippen molar-refractivity contribution in [2.75, 3.05) is 13.7 Å². The summed E-state index contributed by atoms with van der Waals surface area (Å²) < 4.78 is 19.0. The van der Waals surface area contributed by atoms with E-state index in [2.05, 4.69) is 0 Å². The van der Waals surface area contributed by atoms with E-state index in [0.29, 0.717) is 16.9 Å². The zero-order chi connectivity index (χ0) is 17.5. The summed E-state index contributed by atoms with van der Waals surface area (Å²) in [5.41, 5.74) is 1.09. The molecule has 1 amide bonds. The van der Waals surface area contributed by atoms with E-state index in [1.165, 1.54) is 11.0 Å². The molecule has 0 saturated heterocycles. The average Bonchev–Trinajstić information content (AvgIpc) is 2.55. The zero-order valence-corrected chi connectivity index (χ0v) is 13.2. The Morgan fingerprint density at radius 1 is 1.12 bits per heavy atom. The van der Waals surface area contributed by atoms with Gasteiger partial charge in [0.15, 0.2) is 6.61 Å². The molecule has 2 rings (SSSR count). The van der Waals surface area contributed by atoms with Crippen LogP contribution < -0.4 is 4.74 Å². The normalized spacial score (nSPS) is 10.2. The summed E-state index contributed by atoms with van der Waals surface area (Å²) in [6, 6.07) is 12.8. The molecule has 126 valence electrons. The number of carboxylic acids is 1. The number of carbonyl (C=O) groups excluding carboxylic acids is 1. The molecule has 2 aromatic rings. The molecule has 0 aromatic heterocycles. The van der Waals surface area contributed by atoms with Crippen LogP contribution in [0.4, 0.5) is 4.39 Å².